The van der Waals surface area contributed by atoms with E-state index in [0.29, 0.717) is 0 Å². The van der Waals surface area contributed by atoms with Gasteiger partial charge in [-0.05, 0) is 6.42 Å². The minimum absolute atomic E-state index is 0.189. The Balaban J connectivity index is 2.15. The molecule has 17 heavy (non-hydrogen) atoms. The molecule has 1 fully saturated rings. The molecule has 0 radical (unpaired) electrons. The Morgan fingerprint density at radius 3 is 2.71 bits per heavy atom. The first-order valence-electron chi connectivity index (χ1n) is 5.21. The lowest BCUT2D eigenvalue weighted by Crippen LogP contribution is -2.47. The van der Waals surface area contributed by atoms with Gasteiger partial charge in [0.15, 0.2) is 5.71 Å². The molecule has 1 heterocycles. The van der Waals surface area contributed by atoms with Crippen molar-refractivity contribution >= 4 is 17.7 Å². The molecule has 7 nitrogen and oxygen atoms in total. The van der Waals surface area contributed by atoms with Gasteiger partial charge in [-0.25, -0.2) is 4.79 Å². The Morgan fingerprint density at radius 1 is 1.41 bits per heavy atom. The summed E-state index contributed by atoms with van der Waals surface area (Å²) in [7, 11) is 2.55. The third-order valence-corrected chi connectivity index (χ3v) is 3.22. The van der Waals surface area contributed by atoms with Gasteiger partial charge in [0, 0.05) is 6.42 Å². The van der Waals surface area contributed by atoms with E-state index in [0.717, 1.165) is 0 Å². The van der Waals surface area contributed by atoms with Crippen LogP contribution in [0.5, 0.6) is 0 Å². The molecule has 1 saturated carbocycles. The van der Waals surface area contributed by atoms with E-state index in [2.05, 4.69) is 14.6 Å². The molecule has 7 heteroatoms. The van der Waals surface area contributed by atoms with E-state index < -0.39 is 17.5 Å². The number of hydrogen-bond acceptors (Lipinski definition) is 7. The number of oxime groups is 1. The SMILES string of the molecule is COC(=O)C1=NO[C@H]2C[C@](N)(C(=O)OC)C[C@@H]12. The van der Waals surface area contributed by atoms with Crippen molar-refractivity contribution in [3.8, 4) is 0 Å². The molecule has 2 aliphatic rings. The maximum absolute atomic E-state index is 11.6. The van der Waals surface area contributed by atoms with Crippen LogP contribution in [-0.4, -0.2) is 43.5 Å². The molecule has 0 unspecified atom stereocenters. The first-order valence-corrected chi connectivity index (χ1v) is 5.21. The molecule has 0 aromatic heterocycles. The number of rotatable bonds is 2. The summed E-state index contributed by atoms with van der Waals surface area (Å²) in [5.74, 6) is -1.35. The van der Waals surface area contributed by atoms with Gasteiger partial charge in [-0.15, -0.1) is 0 Å². The number of esters is 2. The van der Waals surface area contributed by atoms with Crippen molar-refractivity contribution in [1.82, 2.24) is 0 Å². The number of hydrogen-bond donors (Lipinski definition) is 1. The van der Waals surface area contributed by atoms with Crippen LogP contribution in [0.4, 0.5) is 0 Å². The van der Waals surface area contributed by atoms with Gasteiger partial charge in [-0.1, -0.05) is 5.16 Å². The molecule has 1 aliphatic carbocycles. The zero-order valence-corrected chi connectivity index (χ0v) is 9.63. The fourth-order valence-electron chi connectivity index (χ4n) is 2.35. The smallest absolute Gasteiger partial charge is 0.356 e. The molecule has 0 saturated heterocycles. The molecular formula is C10H14N2O5. The lowest BCUT2D eigenvalue weighted by molar-refractivity contribution is -0.147. The van der Waals surface area contributed by atoms with Crippen LogP contribution in [0.15, 0.2) is 5.16 Å². The summed E-state index contributed by atoms with van der Waals surface area (Å²) in [4.78, 5) is 28.1. The second kappa shape index (κ2) is 3.99. The predicted octanol–water partition coefficient (Wildman–Crippen LogP) is -0.805. The predicted molar refractivity (Wildman–Crippen MR) is 56.0 cm³/mol. The van der Waals surface area contributed by atoms with E-state index >= 15 is 0 Å². The van der Waals surface area contributed by atoms with Crippen LogP contribution in [0.1, 0.15) is 12.8 Å². The highest BCUT2D eigenvalue weighted by Crippen LogP contribution is 2.40. The normalized spacial score (nSPS) is 34.6. The fourth-order valence-corrected chi connectivity index (χ4v) is 2.35. The van der Waals surface area contributed by atoms with Crippen molar-refractivity contribution in [2.75, 3.05) is 14.2 Å². The topological polar surface area (TPSA) is 100 Å². The molecule has 0 aromatic carbocycles. The molecule has 3 atom stereocenters. The Kier molecular flexibility index (Phi) is 2.78. The average Bonchev–Trinajstić information content (AvgIpc) is 2.84. The minimum atomic E-state index is -1.11. The van der Waals surface area contributed by atoms with E-state index in [9.17, 15) is 9.59 Å². The third kappa shape index (κ3) is 1.76. The van der Waals surface area contributed by atoms with E-state index in [1.165, 1.54) is 14.2 Å². The first-order chi connectivity index (χ1) is 8.01. The van der Waals surface area contributed by atoms with Gasteiger partial charge in [0.05, 0.1) is 20.1 Å². The molecule has 0 amide bonds. The number of fused-ring (bicyclic) bond motifs is 1. The van der Waals surface area contributed by atoms with Gasteiger partial charge in [0.2, 0.25) is 0 Å². The van der Waals surface area contributed by atoms with Gasteiger partial charge < -0.3 is 20.0 Å². The fraction of sp³-hybridized carbons (Fsp3) is 0.700. The van der Waals surface area contributed by atoms with Gasteiger partial charge in [0.1, 0.15) is 11.6 Å². The maximum Gasteiger partial charge on any atom is 0.356 e. The van der Waals surface area contributed by atoms with Gasteiger partial charge in [-0.3, -0.25) is 4.79 Å². The third-order valence-electron chi connectivity index (χ3n) is 3.22. The van der Waals surface area contributed by atoms with E-state index in [1.807, 2.05) is 0 Å². The molecule has 0 bridgehead atoms. The van der Waals surface area contributed by atoms with Crippen molar-refractivity contribution < 1.29 is 23.9 Å². The summed E-state index contributed by atoms with van der Waals surface area (Å²) < 4.78 is 9.24. The summed E-state index contributed by atoms with van der Waals surface area (Å²) in [6.07, 6.45) is 0.209. The van der Waals surface area contributed by atoms with E-state index in [1.54, 1.807) is 0 Å². The number of nitrogens with zero attached hydrogens (tertiary/aromatic N) is 1. The van der Waals surface area contributed by atoms with Crippen molar-refractivity contribution in [1.29, 1.82) is 0 Å². The molecule has 0 aromatic rings. The highest BCUT2D eigenvalue weighted by Gasteiger charge is 2.55. The highest BCUT2D eigenvalue weighted by molar-refractivity contribution is 6.37. The van der Waals surface area contributed by atoms with Crippen LogP contribution in [0, 0.1) is 5.92 Å². The van der Waals surface area contributed by atoms with Crippen LogP contribution in [-0.2, 0) is 23.9 Å². The molecule has 2 rings (SSSR count). The monoisotopic (exact) mass is 242 g/mol. The molecule has 2 N–H and O–H groups in total. The Morgan fingerprint density at radius 2 is 2.12 bits per heavy atom. The number of methoxy groups -OCH3 is 2. The summed E-state index contributed by atoms with van der Waals surface area (Å²) >= 11 is 0. The van der Waals surface area contributed by atoms with Gasteiger partial charge >= 0.3 is 11.9 Å². The Bertz CT molecular complexity index is 394. The molecule has 94 valence electrons. The van der Waals surface area contributed by atoms with Crippen LogP contribution < -0.4 is 5.73 Å². The summed E-state index contributed by atoms with van der Waals surface area (Å²) in [6, 6.07) is 0. The zero-order chi connectivity index (χ0) is 12.6. The minimum Gasteiger partial charge on any atom is -0.468 e. The van der Waals surface area contributed by atoms with Crippen molar-refractivity contribution in [3.05, 3.63) is 0 Å². The van der Waals surface area contributed by atoms with Gasteiger partial charge in [0.25, 0.3) is 0 Å². The van der Waals surface area contributed by atoms with Crippen LogP contribution in [0.3, 0.4) is 0 Å². The summed E-state index contributed by atoms with van der Waals surface area (Å²) in [5, 5.41) is 3.68. The highest BCUT2D eigenvalue weighted by atomic mass is 16.6. The first kappa shape index (κ1) is 11.8. The van der Waals surface area contributed by atoms with Crippen LogP contribution in [0.25, 0.3) is 0 Å². The van der Waals surface area contributed by atoms with Gasteiger partial charge in [-0.2, -0.15) is 0 Å². The Hall–Kier alpha value is -1.63. The quantitative estimate of drug-likeness (QED) is 0.636. The molecule has 0 spiro atoms. The van der Waals surface area contributed by atoms with Crippen molar-refractivity contribution in [3.63, 3.8) is 0 Å². The molecular weight excluding hydrogens is 228 g/mol. The van der Waals surface area contributed by atoms with Crippen LogP contribution in [0.2, 0.25) is 0 Å². The molecule has 1 aliphatic heterocycles. The number of ether oxygens (including phenoxy) is 2. The lowest BCUT2D eigenvalue weighted by atomic mass is 9.95. The van der Waals surface area contributed by atoms with E-state index in [4.69, 9.17) is 10.6 Å². The average molecular weight is 242 g/mol. The number of carbonyl (C=O) groups excluding carboxylic acids is 2. The summed E-state index contributed by atoms with van der Waals surface area (Å²) in [5.41, 5.74) is 5.02. The van der Waals surface area contributed by atoms with Crippen molar-refractivity contribution in [2.45, 2.75) is 24.5 Å². The number of nitrogens with two attached hydrogens (primary N) is 1. The second-order valence-electron chi connectivity index (χ2n) is 4.27. The lowest BCUT2D eigenvalue weighted by Gasteiger charge is -2.20. The summed E-state index contributed by atoms with van der Waals surface area (Å²) in [6.45, 7) is 0. The standard InChI is InChI=1S/C10H14N2O5/c1-15-8(13)7-5-3-10(11,9(14)16-2)4-6(5)17-12-7/h5-6H,3-4,11H2,1-2H3/t5-,6+,10+/m1/s1. The van der Waals surface area contributed by atoms with E-state index in [-0.39, 0.29) is 30.6 Å². The second-order valence-corrected chi connectivity index (χ2v) is 4.27. The Labute approximate surface area is 97.9 Å². The van der Waals surface area contributed by atoms with Crippen LogP contribution >= 0.6 is 0 Å². The maximum atomic E-state index is 11.6. The zero-order valence-electron chi connectivity index (χ0n) is 9.63. The number of carbonyl (C=O) groups is 2. The van der Waals surface area contributed by atoms with Crippen molar-refractivity contribution in [2.24, 2.45) is 16.8 Å². The largest absolute Gasteiger partial charge is 0.468 e.